The molecule has 1 aromatic rings. The Labute approximate surface area is 88.2 Å². The first kappa shape index (κ1) is 11.3. The molecule has 0 aliphatic carbocycles. The number of aromatic nitrogens is 2. The second-order valence-corrected chi connectivity index (χ2v) is 2.79. The van der Waals surface area contributed by atoms with Gasteiger partial charge in [-0.15, -0.1) is 0 Å². The molecule has 0 fully saturated rings. The topological polar surface area (TPSA) is 64.1 Å². The fraction of sp³-hybridized carbons (Fsp3) is 0.300. The highest BCUT2D eigenvalue weighted by atomic mass is 16.5. The van der Waals surface area contributed by atoms with Crippen molar-refractivity contribution in [3.63, 3.8) is 0 Å². The Morgan fingerprint density at radius 1 is 1.53 bits per heavy atom. The van der Waals surface area contributed by atoms with E-state index in [9.17, 15) is 4.79 Å². The normalized spacial score (nSPS) is 10.5. The molecular formula is C10H13N3O2. The average molecular weight is 207 g/mol. The van der Waals surface area contributed by atoms with Crippen molar-refractivity contribution in [2.45, 2.75) is 0 Å². The van der Waals surface area contributed by atoms with Gasteiger partial charge in [0, 0.05) is 24.5 Å². The molecule has 0 spiro atoms. The van der Waals surface area contributed by atoms with Crippen LogP contribution < -0.4 is 5.32 Å². The first-order valence-corrected chi connectivity index (χ1v) is 4.49. The lowest BCUT2D eigenvalue weighted by Gasteiger charge is -1.97. The Hall–Kier alpha value is -1.75. The van der Waals surface area contributed by atoms with E-state index in [1.165, 1.54) is 7.11 Å². The van der Waals surface area contributed by atoms with Gasteiger partial charge in [0.1, 0.15) is 0 Å². The zero-order valence-corrected chi connectivity index (χ0v) is 8.73. The van der Waals surface area contributed by atoms with Crippen molar-refractivity contribution < 1.29 is 9.53 Å². The van der Waals surface area contributed by atoms with Crippen LogP contribution in [0.15, 0.2) is 18.5 Å². The standard InChI is InChI=1S/C10H13N3O2/c1-11-5-3-4-8-6-12-9(13-7-8)10(14)15-2/h3-4,6-7,11H,5H2,1-2H3. The van der Waals surface area contributed by atoms with Gasteiger partial charge in [-0.2, -0.15) is 0 Å². The SMILES string of the molecule is CNCC=Cc1cnc(C(=O)OC)nc1. The van der Waals surface area contributed by atoms with Crippen LogP contribution in [0.5, 0.6) is 0 Å². The average Bonchev–Trinajstić information content (AvgIpc) is 2.29. The quantitative estimate of drug-likeness (QED) is 0.728. The molecule has 5 nitrogen and oxygen atoms in total. The predicted molar refractivity (Wildman–Crippen MR) is 56.3 cm³/mol. The van der Waals surface area contributed by atoms with Crippen molar-refractivity contribution in [2.75, 3.05) is 20.7 Å². The van der Waals surface area contributed by atoms with Crippen LogP contribution in [-0.4, -0.2) is 36.6 Å². The first-order chi connectivity index (χ1) is 7.27. The molecule has 1 N–H and O–H groups in total. The molecule has 0 amide bonds. The molecular weight excluding hydrogens is 194 g/mol. The molecule has 80 valence electrons. The van der Waals surface area contributed by atoms with Gasteiger partial charge in [0.05, 0.1) is 7.11 Å². The molecule has 0 atom stereocenters. The van der Waals surface area contributed by atoms with E-state index in [0.29, 0.717) is 0 Å². The van der Waals surface area contributed by atoms with E-state index in [0.717, 1.165) is 12.1 Å². The summed E-state index contributed by atoms with van der Waals surface area (Å²) in [5.74, 6) is -0.455. The highest BCUT2D eigenvalue weighted by Gasteiger charge is 2.06. The van der Waals surface area contributed by atoms with Crippen LogP contribution in [0.3, 0.4) is 0 Å². The zero-order chi connectivity index (χ0) is 11.1. The van der Waals surface area contributed by atoms with E-state index >= 15 is 0 Å². The molecule has 0 bridgehead atoms. The molecule has 1 heterocycles. The maximum absolute atomic E-state index is 11.0. The largest absolute Gasteiger partial charge is 0.463 e. The van der Waals surface area contributed by atoms with Crippen molar-refractivity contribution in [3.05, 3.63) is 29.9 Å². The highest BCUT2D eigenvalue weighted by Crippen LogP contribution is 1.99. The Kier molecular flexibility index (Phi) is 4.43. The highest BCUT2D eigenvalue weighted by molar-refractivity contribution is 5.84. The molecule has 0 radical (unpaired) electrons. The lowest BCUT2D eigenvalue weighted by molar-refractivity contribution is 0.0586. The second kappa shape index (κ2) is 5.87. The van der Waals surface area contributed by atoms with Crippen LogP contribution in [0.25, 0.3) is 6.08 Å². The van der Waals surface area contributed by atoms with Crippen molar-refractivity contribution in [3.8, 4) is 0 Å². The maximum Gasteiger partial charge on any atom is 0.376 e. The Balaban J connectivity index is 2.68. The fourth-order valence-corrected chi connectivity index (χ4v) is 0.934. The lowest BCUT2D eigenvalue weighted by Crippen LogP contribution is -2.07. The molecule has 0 unspecified atom stereocenters. The monoisotopic (exact) mass is 207 g/mol. The van der Waals surface area contributed by atoms with Crippen molar-refractivity contribution in [2.24, 2.45) is 0 Å². The number of nitrogens with zero attached hydrogens (tertiary/aromatic N) is 2. The third-order valence-corrected chi connectivity index (χ3v) is 1.67. The molecule has 5 heteroatoms. The Morgan fingerprint density at radius 2 is 2.20 bits per heavy atom. The number of esters is 1. The van der Waals surface area contributed by atoms with Crippen LogP contribution in [0.1, 0.15) is 16.2 Å². The Bertz CT molecular complexity index is 346. The van der Waals surface area contributed by atoms with Gasteiger partial charge >= 0.3 is 5.97 Å². The van der Waals surface area contributed by atoms with E-state index in [1.54, 1.807) is 12.4 Å². The maximum atomic E-state index is 11.0. The van der Waals surface area contributed by atoms with Crippen LogP contribution >= 0.6 is 0 Å². The molecule has 0 aliphatic rings. The number of carbonyl (C=O) groups excluding carboxylic acids is 1. The summed E-state index contributed by atoms with van der Waals surface area (Å²) in [6, 6.07) is 0. The van der Waals surface area contributed by atoms with E-state index in [2.05, 4.69) is 20.0 Å². The number of hydrogen-bond acceptors (Lipinski definition) is 5. The van der Waals surface area contributed by atoms with Crippen LogP contribution in [0.2, 0.25) is 0 Å². The van der Waals surface area contributed by atoms with Gasteiger partial charge in [0.15, 0.2) is 0 Å². The van der Waals surface area contributed by atoms with Gasteiger partial charge in [-0.1, -0.05) is 12.2 Å². The Morgan fingerprint density at radius 3 is 2.73 bits per heavy atom. The summed E-state index contributed by atoms with van der Waals surface area (Å²) in [5.41, 5.74) is 0.845. The van der Waals surface area contributed by atoms with Gasteiger partial charge in [0.25, 0.3) is 0 Å². The van der Waals surface area contributed by atoms with Crippen LogP contribution in [-0.2, 0) is 4.74 Å². The number of ether oxygens (including phenoxy) is 1. The smallest absolute Gasteiger partial charge is 0.376 e. The van der Waals surface area contributed by atoms with E-state index in [4.69, 9.17) is 0 Å². The zero-order valence-electron chi connectivity index (χ0n) is 8.73. The number of likely N-dealkylation sites (N-methyl/N-ethyl adjacent to an activating group) is 1. The number of methoxy groups -OCH3 is 1. The molecule has 1 aromatic heterocycles. The minimum absolute atomic E-state index is 0.0725. The minimum Gasteiger partial charge on any atom is -0.463 e. The molecule has 0 saturated heterocycles. The van der Waals surface area contributed by atoms with Crippen molar-refractivity contribution >= 4 is 12.0 Å². The van der Waals surface area contributed by atoms with E-state index < -0.39 is 5.97 Å². The lowest BCUT2D eigenvalue weighted by atomic mass is 10.3. The van der Waals surface area contributed by atoms with Crippen LogP contribution in [0, 0.1) is 0 Å². The van der Waals surface area contributed by atoms with Crippen molar-refractivity contribution in [1.82, 2.24) is 15.3 Å². The third-order valence-electron chi connectivity index (χ3n) is 1.67. The van der Waals surface area contributed by atoms with Gasteiger partial charge in [-0.25, -0.2) is 14.8 Å². The summed E-state index contributed by atoms with van der Waals surface area (Å²) in [7, 11) is 3.16. The number of carbonyl (C=O) groups is 1. The van der Waals surface area contributed by atoms with E-state index in [-0.39, 0.29) is 5.82 Å². The molecule has 15 heavy (non-hydrogen) atoms. The molecule has 0 saturated carbocycles. The summed E-state index contributed by atoms with van der Waals surface area (Å²) in [6.07, 6.45) is 6.96. The van der Waals surface area contributed by atoms with E-state index in [1.807, 2.05) is 19.2 Å². The summed E-state index contributed by atoms with van der Waals surface area (Å²) in [6.45, 7) is 0.777. The summed E-state index contributed by atoms with van der Waals surface area (Å²) in [4.78, 5) is 18.8. The third kappa shape index (κ3) is 3.47. The predicted octanol–water partition coefficient (Wildman–Crippen LogP) is 0.496. The molecule has 0 aliphatic heterocycles. The number of rotatable bonds is 4. The summed E-state index contributed by atoms with van der Waals surface area (Å²) >= 11 is 0. The van der Waals surface area contributed by atoms with Gasteiger partial charge < -0.3 is 10.1 Å². The number of nitrogens with one attached hydrogen (secondary N) is 1. The summed E-state index contributed by atoms with van der Waals surface area (Å²) < 4.78 is 4.48. The van der Waals surface area contributed by atoms with Crippen LogP contribution in [0.4, 0.5) is 0 Å². The first-order valence-electron chi connectivity index (χ1n) is 4.49. The van der Waals surface area contributed by atoms with Gasteiger partial charge in [-0.05, 0) is 7.05 Å². The molecule has 0 aromatic carbocycles. The second-order valence-electron chi connectivity index (χ2n) is 2.79. The van der Waals surface area contributed by atoms with Crippen molar-refractivity contribution in [1.29, 1.82) is 0 Å². The minimum atomic E-state index is -0.527. The fourth-order valence-electron chi connectivity index (χ4n) is 0.934. The van der Waals surface area contributed by atoms with Gasteiger partial charge in [-0.3, -0.25) is 0 Å². The number of hydrogen-bond donors (Lipinski definition) is 1. The van der Waals surface area contributed by atoms with Gasteiger partial charge in [0.2, 0.25) is 5.82 Å². The molecule has 1 rings (SSSR count). The summed E-state index contributed by atoms with van der Waals surface area (Å²) in [5, 5.41) is 2.97.